The Morgan fingerprint density at radius 1 is 0.826 bits per heavy atom. The Balaban J connectivity index is 1.96. The van der Waals surface area contributed by atoms with E-state index >= 15 is 0 Å². The third-order valence-electron chi connectivity index (χ3n) is 4.41. The van der Waals surface area contributed by atoms with Crippen molar-refractivity contribution < 1.29 is 4.79 Å². The molecule has 0 saturated heterocycles. The predicted octanol–water partition coefficient (Wildman–Crippen LogP) is 5.28. The fraction of sp³-hybridized carbons (Fsp3) is 0.143. The highest BCUT2D eigenvalue weighted by molar-refractivity contribution is 6.59. The first kappa shape index (κ1) is 13.9. The van der Waals surface area contributed by atoms with Crippen LogP contribution in [0.5, 0.6) is 0 Å². The molecule has 3 aromatic rings. The van der Waals surface area contributed by atoms with Gasteiger partial charge in [-0.05, 0) is 22.9 Å². The summed E-state index contributed by atoms with van der Waals surface area (Å²) in [5.74, 6) is 0.389. The number of benzene rings is 3. The predicted molar refractivity (Wildman–Crippen MR) is 95.0 cm³/mol. The van der Waals surface area contributed by atoms with Crippen LogP contribution < -0.4 is 0 Å². The van der Waals surface area contributed by atoms with Gasteiger partial charge in [0.05, 0.1) is 5.69 Å². The summed E-state index contributed by atoms with van der Waals surface area (Å²) in [6, 6.07) is 20.0. The minimum atomic E-state index is 0.0235. The molecule has 0 atom stereocenters. The largest absolute Gasteiger partial charge is 0.287 e. The normalized spacial score (nSPS) is 15.1. The zero-order valence-electron chi connectivity index (χ0n) is 13.2. The Morgan fingerprint density at radius 3 is 2.26 bits per heavy atom. The van der Waals surface area contributed by atoms with Gasteiger partial charge in [-0.15, -0.1) is 0 Å². The van der Waals surface area contributed by atoms with Gasteiger partial charge in [0.15, 0.2) is 0 Å². The van der Waals surface area contributed by atoms with Crippen LogP contribution in [-0.2, 0) is 0 Å². The van der Waals surface area contributed by atoms with Crippen LogP contribution in [-0.4, -0.2) is 11.5 Å². The van der Waals surface area contributed by atoms with Crippen molar-refractivity contribution >= 4 is 28.0 Å². The summed E-state index contributed by atoms with van der Waals surface area (Å²) in [6.45, 7) is 4.29. The van der Waals surface area contributed by atoms with E-state index < -0.39 is 0 Å². The smallest absolute Gasteiger partial charge is 0.212 e. The molecule has 112 valence electrons. The zero-order chi connectivity index (χ0) is 16.0. The van der Waals surface area contributed by atoms with Crippen molar-refractivity contribution in [1.82, 2.24) is 0 Å². The van der Waals surface area contributed by atoms with Crippen molar-refractivity contribution in [2.45, 2.75) is 19.8 Å². The van der Waals surface area contributed by atoms with E-state index in [1.807, 2.05) is 54.6 Å². The molecule has 3 aromatic carbocycles. The van der Waals surface area contributed by atoms with Crippen molar-refractivity contribution in [2.75, 3.05) is 0 Å². The molecule has 0 amide bonds. The fourth-order valence-electron chi connectivity index (χ4n) is 3.29. The summed E-state index contributed by atoms with van der Waals surface area (Å²) in [5, 5.41) is 2.12. The van der Waals surface area contributed by atoms with Gasteiger partial charge in [-0.2, -0.15) is 0 Å². The van der Waals surface area contributed by atoms with Crippen LogP contribution in [0.3, 0.4) is 0 Å². The molecule has 0 fully saturated rings. The first-order valence-electron chi connectivity index (χ1n) is 7.91. The van der Waals surface area contributed by atoms with Gasteiger partial charge in [0, 0.05) is 16.5 Å². The Hall–Kier alpha value is -2.74. The number of hydrogen-bond donors (Lipinski definition) is 0. The molecule has 0 spiro atoms. The van der Waals surface area contributed by atoms with Crippen LogP contribution in [0.2, 0.25) is 0 Å². The molecular weight excluding hydrogens is 282 g/mol. The minimum Gasteiger partial charge on any atom is -0.287 e. The molecule has 0 N–H and O–H groups in total. The van der Waals surface area contributed by atoms with Gasteiger partial charge in [0.2, 0.25) is 5.78 Å². The number of rotatable bonds is 2. The van der Waals surface area contributed by atoms with Gasteiger partial charge in [0.25, 0.3) is 0 Å². The zero-order valence-corrected chi connectivity index (χ0v) is 13.2. The number of carbonyl (C=O) groups excluding carboxylic acids is 1. The highest BCUT2D eigenvalue weighted by Gasteiger charge is 2.28. The first-order chi connectivity index (χ1) is 11.2. The maximum absolute atomic E-state index is 12.8. The molecule has 0 radical (unpaired) electrons. The Labute approximate surface area is 135 Å². The number of aliphatic imine (C=N–C) groups is 1. The van der Waals surface area contributed by atoms with E-state index in [0.717, 1.165) is 33.2 Å². The second-order valence-corrected chi connectivity index (χ2v) is 6.21. The Bertz CT molecular complexity index is 961. The Morgan fingerprint density at radius 2 is 1.52 bits per heavy atom. The molecule has 0 unspecified atom stereocenters. The Kier molecular flexibility index (Phi) is 3.12. The number of para-hydroxylation sites is 1. The summed E-state index contributed by atoms with van der Waals surface area (Å²) < 4.78 is 0. The molecule has 0 aliphatic heterocycles. The summed E-state index contributed by atoms with van der Waals surface area (Å²) in [7, 11) is 0. The van der Waals surface area contributed by atoms with Crippen molar-refractivity contribution in [3.05, 3.63) is 77.4 Å². The fourth-order valence-corrected chi connectivity index (χ4v) is 3.29. The number of hydrogen-bond acceptors (Lipinski definition) is 2. The molecule has 4 rings (SSSR count). The molecule has 1 aliphatic rings. The molecule has 0 aromatic heterocycles. The summed E-state index contributed by atoms with van der Waals surface area (Å²) in [6.07, 6.45) is 0. The topological polar surface area (TPSA) is 29.4 Å². The lowest BCUT2D eigenvalue weighted by Crippen LogP contribution is -2.08. The van der Waals surface area contributed by atoms with Gasteiger partial charge in [-0.25, -0.2) is 4.99 Å². The van der Waals surface area contributed by atoms with Crippen LogP contribution in [0, 0.1) is 0 Å². The number of nitrogens with zero attached hydrogens (tertiary/aromatic N) is 1. The van der Waals surface area contributed by atoms with Crippen molar-refractivity contribution in [3.63, 3.8) is 0 Å². The molecule has 0 heterocycles. The van der Waals surface area contributed by atoms with Crippen LogP contribution in [0.25, 0.3) is 10.8 Å². The highest BCUT2D eigenvalue weighted by atomic mass is 16.1. The van der Waals surface area contributed by atoms with E-state index in [1.54, 1.807) is 0 Å². The summed E-state index contributed by atoms with van der Waals surface area (Å²) in [4.78, 5) is 17.6. The van der Waals surface area contributed by atoms with Crippen molar-refractivity contribution in [2.24, 2.45) is 4.99 Å². The van der Waals surface area contributed by atoms with Gasteiger partial charge in [-0.1, -0.05) is 68.4 Å². The van der Waals surface area contributed by atoms with Crippen LogP contribution in [0.15, 0.2) is 65.7 Å². The molecule has 2 heteroatoms. The maximum Gasteiger partial charge on any atom is 0.212 e. The maximum atomic E-state index is 12.8. The van der Waals surface area contributed by atoms with E-state index in [2.05, 4.69) is 19.9 Å². The highest BCUT2D eigenvalue weighted by Crippen LogP contribution is 2.34. The lowest BCUT2D eigenvalue weighted by atomic mass is 10.0. The number of Topliss-reactive ketones (excluding diaryl/α,β-unsaturated/α-hetero) is 1. The standard InChI is InChI=1S/C21H17NO/c1-13(2)15-9-3-4-12-18(15)22-20-16-10-5-7-14-8-6-11-17(19(14)16)21(20)23/h3-13H,1-2H3. The lowest BCUT2D eigenvalue weighted by Gasteiger charge is -2.09. The summed E-state index contributed by atoms with van der Waals surface area (Å²) >= 11 is 0. The lowest BCUT2D eigenvalue weighted by molar-refractivity contribution is 0.107. The third kappa shape index (κ3) is 2.10. The van der Waals surface area contributed by atoms with Gasteiger partial charge < -0.3 is 0 Å². The van der Waals surface area contributed by atoms with Gasteiger partial charge in [0.1, 0.15) is 5.71 Å². The van der Waals surface area contributed by atoms with E-state index in [-0.39, 0.29) is 5.78 Å². The monoisotopic (exact) mass is 299 g/mol. The first-order valence-corrected chi connectivity index (χ1v) is 7.91. The van der Waals surface area contributed by atoms with E-state index in [1.165, 1.54) is 0 Å². The van der Waals surface area contributed by atoms with Crippen LogP contribution >= 0.6 is 0 Å². The number of carbonyl (C=O) groups is 1. The van der Waals surface area contributed by atoms with E-state index in [9.17, 15) is 4.79 Å². The van der Waals surface area contributed by atoms with Crippen LogP contribution in [0.1, 0.15) is 41.3 Å². The molecule has 2 nitrogen and oxygen atoms in total. The molecule has 1 aliphatic carbocycles. The quantitative estimate of drug-likeness (QED) is 0.633. The second kappa shape index (κ2) is 5.17. The van der Waals surface area contributed by atoms with Crippen molar-refractivity contribution in [3.8, 4) is 0 Å². The minimum absolute atomic E-state index is 0.0235. The SMILES string of the molecule is CC(C)c1ccccc1N=C1C(=O)c2cccc3cccc1c23. The van der Waals surface area contributed by atoms with E-state index in [4.69, 9.17) is 4.99 Å². The molecular formula is C21H17NO. The average Bonchev–Trinajstić information content (AvgIpc) is 2.83. The third-order valence-corrected chi connectivity index (χ3v) is 4.41. The van der Waals surface area contributed by atoms with E-state index in [0.29, 0.717) is 11.6 Å². The molecule has 0 bridgehead atoms. The van der Waals surface area contributed by atoms with Gasteiger partial charge in [-0.3, -0.25) is 4.79 Å². The molecule has 0 saturated carbocycles. The summed E-state index contributed by atoms with van der Waals surface area (Å²) in [5.41, 5.74) is 4.32. The molecule has 23 heavy (non-hydrogen) atoms. The van der Waals surface area contributed by atoms with Gasteiger partial charge >= 0.3 is 0 Å². The van der Waals surface area contributed by atoms with Crippen LogP contribution in [0.4, 0.5) is 5.69 Å². The van der Waals surface area contributed by atoms with Crippen molar-refractivity contribution in [1.29, 1.82) is 0 Å². The second-order valence-electron chi connectivity index (χ2n) is 6.21. The number of ketones is 1. The average molecular weight is 299 g/mol.